The van der Waals surface area contributed by atoms with Gasteiger partial charge in [0.05, 0.1) is 5.60 Å². The van der Waals surface area contributed by atoms with Crippen molar-refractivity contribution in [3.63, 3.8) is 0 Å². The maximum atomic E-state index is 12.2. The van der Waals surface area contributed by atoms with Crippen LogP contribution >= 0.6 is 0 Å². The fourth-order valence-corrected chi connectivity index (χ4v) is 4.14. The molecule has 1 saturated carbocycles. The molecule has 2 aliphatic rings. The molecule has 2 aliphatic carbocycles. The van der Waals surface area contributed by atoms with E-state index < -0.39 is 11.7 Å². The average molecular weight is 348 g/mol. The molecule has 4 unspecified atom stereocenters. The van der Waals surface area contributed by atoms with Gasteiger partial charge in [0, 0.05) is 12.0 Å². The standard InChI is InChI=1S/C21H32O4/c1-13(2)6-5-7-14(3)15-10-11-21(4,25)17(15)12-16-18(22)8-9-19(23)20(16)24/h6-7,15,17,19,23-25H,5,8-12H2,1-4H3. The number of carbonyl (C=O) groups excluding carboxylic acids is 1. The van der Waals surface area contributed by atoms with Gasteiger partial charge in [-0.3, -0.25) is 4.79 Å². The summed E-state index contributed by atoms with van der Waals surface area (Å²) >= 11 is 0. The van der Waals surface area contributed by atoms with Gasteiger partial charge in [-0.2, -0.15) is 0 Å². The van der Waals surface area contributed by atoms with Crippen molar-refractivity contribution in [2.75, 3.05) is 0 Å². The van der Waals surface area contributed by atoms with Crippen LogP contribution < -0.4 is 0 Å². The molecule has 0 aromatic rings. The van der Waals surface area contributed by atoms with Crippen molar-refractivity contribution in [2.24, 2.45) is 11.8 Å². The van der Waals surface area contributed by atoms with Crippen molar-refractivity contribution >= 4 is 5.78 Å². The van der Waals surface area contributed by atoms with Gasteiger partial charge in [0.25, 0.3) is 0 Å². The van der Waals surface area contributed by atoms with E-state index in [-0.39, 0.29) is 36.2 Å². The predicted molar refractivity (Wildman–Crippen MR) is 99.2 cm³/mol. The first-order chi connectivity index (χ1) is 11.6. The van der Waals surface area contributed by atoms with Crippen LogP contribution in [0.1, 0.15) is 66.2 Å². The molecular weight excluding hydrogens is 316 g/mol. The second kappa shape index (κ2) is 7.88. The maximum absolute atomic E-state index is 12.2. The number of carbonyl (C=O) groups is 1. The molecule has 140 valence electrons. The molecule has 3 N–H and O–H groups in total. The van der Waals surface area contributed by atoms with E-state index in [1.807, 2.05) is 6.92 Å². The molecule has 0 bridgehead atoms. The fraction of sp³-hybridized carbons (Fsp3) is 0.667. The first kappa shape index (κ1) is 19.9. The first-order valence-electron chi connectivity index (χ1n) is 9.29. The molecule has 4 atom stereocenters. The Kier molecular flexibility index (Phi) is 6.28. The lowest BCUT2D eigenvalue weighted by molar-refractivity contribution is -0.117. The predicted octanol–water partition coefficient (Wildman–Crippen LogP) is 3.99. The Morgan fingerprint density at radius 3 is 2.56 bits per heavy atom. The van der Waals surface area contributed by atoms with Crippen molar-refractivity contribution < 1.29 is 20.1 Å². The zero-order chi connectivity index (χ0) is 18.8. The van der Waals surface area contributed by atoms with E-state index in [0.29, 0.717) is 18.4 Å². The third-order valence-electron chi connectivity index (χ3n) is 5.83. The summed E-state index contributed by atoms with van der Waals surface area (Å²) in [5.74, 6) is -0.228. The summed E-state index contributed by atoms with van der Waals surface area (Å²) in [6.07, 6.45) is 6.69. The van der Waals surface area contributed by atoms with Crippen molar-refractivity contribution in [1.29, 1.82) is 0 Å². The Bertz CT molecular complexity index is 605. The van der Waals surface area contributed by atoms with Gasteiger partial charge in [-0.15, -0.1) is 0 Å². The van der Waals surface area contributed by atoms with Gasteiger partial charge in [-0.25, -0.2) is 0 Å². The minimum atomic E-state index is -0.952. The Labute approximate surface area is 151 Å². The quantitative estimate of drug-likeness (QED) is 0.657. The van der Waals surface area contributed by atoms with E-state index in [1.165, 1.54) is 11.1 Å². The van der Waals surface area contributed by atoms with Crippen LogP contribution in [-0.2, 0) is 4.79 Å². The molecule has 0 spiro atoms. The molecule has 0 radical (unpaired) electrons. The normalized spacial score (nSPS) is 33.8. The molecule has 25 heavy (non-hydrogen) atoms. The summed E-state index contributed by atoms with van der Waals surface area (Å²) in [4.78, 5) is 12.2. The molecule has 0 aliphatic heterocycles. The zero-order valence-corrected chi connectivity index (χ0v) is 15.9. The lowest BCUT2D eigenvalue weighted by atomic mass is 9.76. The highest BCUT2D eigenvalue weighted by Gasteiger charge is 2.45. The van der Waals surface area contributed by atoms with Crippen molar-refractivity contribution in [3.8, 4) is 0 Å². The Morgan fingerprint density at radius 2 is 1.92 bits per heavy atom. The largest absolute Gasteiger partial charge is 0.509 e. The second-order valence-electron chi connectivity index (χ2n) is 8.12. The average Bonchev–Trinajstić information content (AvgIpc) is 2.82. The van der Waals surface area contributed by atoms with Gasteiger partial charge in [-0.05, 0) is 71.6 Å². The minimum absolute atomic E-state index is 0.101. The van der Waals surface area contributed by atoms with Crippen molar-refractivity contribution in [2.45, 2.75) is 77.9 Å². The van der Waals surface area contributed by atoms with E-state index in [4.69, 9.17) is 0 Å². The summed E-state index contributed by atoms with van der Waals surface area (Å²) in [6.45, 7) is 8.05. The highest BCUT2D eigenvalue weighted by Crippen LogP contribution is 2.47. The molecule has 4 nitrogen and oxygen atoms in total. The number of aliphatic hydroxyl groups excluding tert-OH is 2. The molecule has 1 fully saturated rings. The number of hydrogen-bond acceptors (Lipinski definition) is 4. The topological polar surface area (TPSA) is 77.8 Å². The number of ketones is 1. The lowest BCUT2D eigenvalue weighted by Crippen LogP contribution is -2.35. The maximum Gasteiger partial charge on any atom is 0.162 e. The van der Waals surface area contributed by atoms with Crippen LogP contribution in [0.15, 0.2) is 34.6 Å². The van der Waals surface area contributed by atoms with Gasteiger partial charge >= 0.3 is 0 Å². The van der Waals surface area contributed by atoms with Gasteiger partial charge in [0.2, 0.25) is 0 Å². The Hall–Kier alpha value is -1.39. The molecule has 0 saturated heterocycles. The van der Waals surface area contributed by atoms with E-state index in [0.717, 1.165) is 12.8 Å². The van der Waals surface area contributed by atoms with Crippen molar-refractivity contribution in [1.82, 2.24) is 0 Å². The van der Waals surface area contributed by atoms with Crippen LogP contribution in [0, 0.1) is 11.8 Å². The molecule has 0 amide bonds. The van der Waals surface area contributed by atoms with Crippen LogP contribution in [0.4, 0.5) is 0 Å². The molecule has 0 aromatic heterocycles. The van der Waals surface area contributed by atoms with E-state index in [9.17, 15) is 20.1 Å². The fourth-order valence-electron chi connectivity index (χ4n) is 4.14. The smallest absolute Gasteiger partial charge is 0.162 e. The lowest BCUT2D eigenvalue weighted by Gasteiger charge is -2.32. The summed E-state index contributed by atoms with van der Waals surface area (Å²) < 4.78 is 0. The zero-order valence-electron chi connectivity index (χ0n) is 15.9. The van der Waals surface area contributed by atoms with E-state index >= 15 is 0 Å². The SMILES string of the molecule is CC(C)=CCC=C(C)C1CCC(C)(O)C1CC1=C(O)C(O)CCC1=O. The summed E-state index contributed by atoms with van der Waals surface area (Å²) in [5.41, 5.74) is 1.94. The van der Waals surface area contributed by atoms with Crippen LogP contribution in [0.25, 0.3) is 0 Å². The number of hydrogen-bond donors (Lipinski definition) is 3. The monoisotopic (exact) mass is 348 g/mol. The number of aliphatic hydroxyl groups is 3. The van der Waals surface area contributed by atoms with Gasteiger partial charge < -0.3 is 15.3 Å². The third kappa shape index (κ3) is 4.62. The van der Waals surface area contributed by atoms with Gasteiger partial charge in [0.15, 0.2) is 5.78 Å². The Balaban J connectivity index is 2.24. The molecule has 0 heterocycles. The Morgan fingerprint density at radius 1 is 1.24 bits per heavy atom. The number of rotatable bonds is 5. The van der Waals surface area contributed by atoms with Gasteiger partial charge in [-0.1, -0.05) is 23.3 Å². The van der Waals surface area contributed by atoms with Gasteiger partial charge in [0.1, 0.15) is 11.9 Å². The molecule has 2 rings (SSSR count). The summed E-state index contributed by atoms with van der Waals surface area (Å²) in [7, 11) is 0. The third-order valence-corrected chi connectivity index (χ3v) is 5.83. The first-order valence-corrected chi connectivity index (χ1v) is 9.29. The molecule has 0 aromatic carbocycles. The van der Waals surface area contributed by atoms with Crippen molar-refractivity contribution in [3.05, 3.63) is 34.6 Å². The highest BCUT2D eigenvalue weighted by molar-refractivity contribution is 5.96. The van der Waals surface area contributed by atoms with Crippen LogP contribution in [0.3, 0.4) is 0 Å². The van der Waals surface area contributed by atoms with Crippen LogP contribution in [0.2, 0.25) is 0 Å². The second-order valence-corrected chi connectivity index (χ2v) is 8.12. The van der Waals surface area contributed by atoms with E-state index in [1.54, 1.807) is 0 Å². The summed E-state index contributed by atoms with van der Waals surface area (Å²) in [5, 5.41) is 30.9. The summed E-state index contributed by atoms with van der Waals surface area (Å²) in [6, 6.07) is 0. The van der Waals surface area contributed by atoms with Crippen LogP contribution in [0.5, 0.6) is 0 Å². The minimum Gasteiger partial charge on any atom is -0.509 e. The number of Topliss-reactive ketones (excluding diaryl/α,β-unsaturated/α-hetero) is 1. The number of allylic oxidation sites excluding steroid dienone is 5. The molecular formula is C21H32O4. The highest BCUT2D eigenvalue weighted by atomic mass is 16.3. The molecule has 4 heteroatoms. The van der Waals surface area contributed by atoms with E-state index in [2.05, 4.69) is 32.9 Å². The van der Waals surface area contributed by atoms with Crippen LogP contribution in [-0.4, -0.2) is 32.8 Å².